The van der Waals surface area contributed by atoms with Crippen LogP contribution in [0.2, 0.25) is 0 Å². The molecule has 1 aliphatic heterocycles. The molecule has 1 aromatic carbocycles. The normalized spacial score (nSPS) is 15.4. The molecule has 1 N–H and O–H groups in total. The molecule has 0 saturated carbocycles. The van der Waals surface area contributed by atoms with Gasteiger partial charge in [0.2, 0.25) is 15.9 Å². The van der Waals surface area contributed by atoms with E-state index in [1.165, 1.54) is 10.7 Å². The van der Waals surface area contributed by atoms with Crippen LogP contribution in [0.3, 0.4) is 0 Å². The van der Waals surface area contributed by atoms with Gasteiger partial charge in [0.1, 0.15) is 5.88 Å². The van der Waals surface area contributed by atoms with E-state index in [1.54, 1.807) is 32.0 Å². The fourth-order valence-corrected chi connectivity index (χ4v) is 4.63. The molecule has 0 radical (unpaired) electrons. The van der Waals surface area contributed by atoms with Crippen LogP contribution in [-0.4, -0.2) is 50.7 Å². The third-order valence-electron chi connectivity index (χ3n) is 4.40. The Labute approximate surface area is 155 Å². The van der Waals surface area contributed by atoms with Gasteiger partial charge < -0.3 is 10.2 Å². The number of nitrogens with zero attached hydrogens (tertiary/aromatic N) is 2. The summed E-state index contributed by atoms with van der Waals surface area (Å²) < 4.78 is 26.9. The SMILES string of the molecule is CCN(CC)S(=O)(=O)c1ccc(N2CCCCC2)c(NC(=O)CCl)c1. The summed E-state index contributed by atoms with van der Waals surface area (Å²) in [6.07, 6.45) is 3.36. The molecule has 1 fully saturated rings. The molecule has 1 amide bonds. The summed E-state index contributed by atoms with van der Waals surface area (Å²) in [4.78, 5) is 14.2. The van der Waals surface area contributed by atoms with E-state index >= 15 is 0 Å². The van der Waals surface area contributed by atoms with Gasteiger partial charge in [-0.15, -0.1) is 11.6 Å². The van der Waals surface area contributed by atoms with E-state index in [2.05, 4.69) is 10.2 Å². The first-order valence-electron chi connectivity index (χ1n) is 8.69. The summed E-state index contributed by atoms with van der Waals surface area (Å²) in [6.45, 7) is 6.20. The van der Waals surface area contributed by atoms with Crippen molar-refractivity contribution in [1.82, 2.24) is 4.31 Å². The van der Waals surface area contributed by atoms with Gasteiger partial charge >= 0.3 is 0 Å². The van der Waals surface area contributed by atoms with Crippen LogP contribution in [0, 0.1) is 0 Å². The second-order valence-corrected chi connectivity index (χ2v) is 8.20. The molecule has 0 unspecified atom stereocenters. The summed E-state index contributed by atoms with van der Waals surface area (Å²) >= 11 is 5.61. The van der Waals surface area contributed by atoms with Crippen molar-refractivity contribution in [2.75, 3.05) is 42.3 Å². The van der Waals surface area contributed by atoms with Crippen molar-refractivity contribution >= 4 is 38.9 Å². The molecule has 1 aromatic rings. The van der Waals surface area contributed by atoms with Crippen molar-refractivity contribution in [3.8, 4) is 0 Å². The van der Waals surface area contributed by atoms with Gasteiger partial charge in [-0.05, 0) is 37.5 Å². The number of rotatable bonds is 7. The van der Waals surface area contributed by atoms with Gasteiger partial charge in [0, 0.05) is 26.2 Å². The van der Waals surface area contributed by atoms with Gasteiger partial charge in [-0.25, -0.2) is 8.42 Å². The van der Waals surface area contributed by atoms with Crippen LogP contribution in [0.15, 0.2) is 23.1 Å². The predicted molar refractivity (Wildman–Crippen MR) is 102 cm³/mol. The minimum absolute atomic E-state index is 0.174. The lowest BCUT2D eigenvalue weighted by Gasteiger charge is -2.31. The second-order valence-electron chi connectivity index (χ2n) is 6.00. The number of amides is 1. The highest BCUT2D eigenvalue weighted by molar-refractivity contribution is 7.89. The number of benzene rings is 1. The molecule has 1 heterocycles. The minimum Gasteiger partial charge on any atom is -0.370 e. The van der Waals surface area contributed by atoms with Crippen LogP contribution >= 0.6 is 11.6 Å². The van der Waals surface area contributed by atoms with Gasteiger partial charge in [-0.2, -0.15) is 4.31 Å². The number of nitrogens with one attached hydrogen (secondary N) is 1. The lowest BCUT2D eigenvalue weighted by Crippen LogP contribution is -2.32. The fourth-order valence-electron chi connectivity index (χ4n) is 3.08. The molecule has 0 atom stereocenters. The highest BCUT2D eigenvalue weighted by Gasteiger charge is 2.24. The zero-order valence-electron chi connectivity index (χ0n) is 14.8. The Kier molecular flexibility index (Phi) is 7.10. The van der Waals surface area contributed by atoms with Crippen LogP contribution in [0.5, 0.6) is 0 Å². The molecule has 0 bridgehead atoms. The molecule has 8 heteroatoms. The molecule has 0 aromatic heterocycles. The van der Waals surface area contributed by atoms with Crippen LogP contribution in [0.25, 0.3) is 0 Å². The first-order valence-corrected chi connectivity index (χ1v) is 10.7. The number of anilines is 2. The number of hydrogen-bond acceptors (Lipinski definition) is 4. The molecule has 25 heavy (non-hydrogen) atoms. The Morgan fingerprint density at radius 1 is 1.20 bits per heavy atom. The minimum atomic E-state index is -3.58. The molecule has 0 spiro atoms. The Bertz CT molecular complexity index is 699. The molecule has 6 nitrogen and oxygen atoms in total. The van der Waals surface area contributed by atoms with Crippen LogP contribution in [-0.2, 0) is 14.8 Å². The Hall–Kier alpha value is -1.31. The van der Waals surface area contributed by atoms with E-state index in [4.69, 9.17) is 11.6 Å². The number of alkyl halides is 1. The number of carbonyl (C=O) groups excluding carboxylic acids is 1. The average molecular weight is 388 g/mol. The summed E-state index contributed by atoms with van der Waals surface area (Å²) in [6, 6.07) is 4.95. The topological polar surface area (TPSA) is 69.7 Å². The maximum absolute atomic E-state index is 12.8. The first-order chi connectivity index (χ1) is 11.9. The quantitative estimate of drug-likeness (QED) is 0.730. The molecule has 2 rings (SSSR count). The molecule has 1 saturated heterocycles. The van der Waals surface area contributed by atoms with Gasteiger partial charge in [0.15, 0.2) is 0 Å². The van der Waals surface area contributed by atoms with Crippen molar-refractivity contribution < 1.29 is 13.2 Å². The van der Waals surface area contributed by atoms with Crippen molar-refractivity contribution in [2.24, 2.45) is 0 Å². The predicted octanol–water partition coefficient (Wildman–Crippen LogP) is 2.88. The molecule has 140 valence electrons. The molecular formula is C17H26ClN3O3S. The molecular weight excluding hydrogens is 362 g/mol. The Balaban J connectivity index is 2.44. The van der Waals surface area contributed by atoms with Crippen molar-refractivity contribution in [3.63, 3.8) is 0 Å². The van der Waals surface area contributed by atoms with Gasteiger partial charge in [-0.1, -0.05) is 13.8 Å². The second kappa shape index (κ2) is 8.87. The van der Waals surface area contributed by atoms with Crippen molar-refractivity contribution in [3.05, 3.63) is 18.2 Å². The maximum Gasteiger partial charge on any atom is 0.243 e. The van der Waals surface area contributed by atoms with Crippen molar-refractivity contribution in [2.45, 2.75) is 38.0 Å². The van der Waals surface area contributed by atoms with E-state index in [0.717, 1.165) is 31.6 Å². The number of carbonyl (C=O) groups is 1. The zero-order chi connectivity index (χ0) is 18.4. The van der Waals surface area contributed by atoms with E-state index in [0.29, 0.717) is 18.8 Å². The van der Waals surface area contributed by atoms with Gasteiger partial charge in [-0.3, -0.25) is 4.79 Å². The summed E-state index contributed by atoms with van der Waals surface area (Å²) in [5.74, 6) is -0.524. The highest BCUT2D eigenvalue weighted by Crippen LogP contribution is 2.32. The third-order valence-corrected chi connectivity index (χ3v) is 6.69. The van der Waals surface area contributed by atoms with Gasteiger partial charge in [0.25, 0.3) is 0 Å². The monoisotopic (exact) mass is 387 g/mol. The summed E-state index contributed by atoms with van der Waals surface area (Å²) in [5, 5.41) is 2.75. The van der Waals surface area contributed by atoms with Gasteiger partial charge in [0.05, 0.1) is 16.3 Å². The molecule has 1 aliphatic rings. The number of halogens is 1. The summed E-state index contributed by atoms with van der Waals surface area (Å²) in [7, 11) is -3.58. The van der Waals surface area contributed by atoms with Crippen LogP contribution < -0.4 is 10.2 Å². The standard InChI is InChI=1S/C17H26ClN3O3S/c1-3-21(4-2)25(23,24)14-8-9-16(20-10-6-5-7-11-20)15(12-14)19-17(22)13-18/h8-9,12H,3-7,10-11,13H2,1-2H3,(H,19,22). The highest BCUT2D eigenvalue weighted by atomic mass is 35.5. The van der Waals surface area contributed by atoms with Crippen molar-refractivity contribution in [1.29, 1.82) is 0 Å². The lowest BCUT2D eigenvalue weighted by atomic mass is 10.1. The van der Waals surface area contributed by atoms with Crippen LogP contribution in [0.4, 0.5) is 11.4 Å². The number of sulfonamides is 1. The van der Waals surface area contributed by atoms with E-state index in [9.17, 15) is 13.2 Å². The van der Waals surface area contributed by atoms with E-state index in [-0.39, 0.29) is 16.7 Å². The number of piperidine rings is 1. The van der Waals surface area contributed by atoms with Crippen LogP contribution in [0.1, 0.15) is 33.1 Å². The molecule has 0 aliphatic carbocycles. The Morgan fingerprint density at radius 3 is 2.40 bits per heavy atom. The summed E-state index contributed by atoms with van der Waals surface area (Å²) in [5.41, 5.74) is 1.34. The smallest absolute Gasteiger partial charge is 0.243 e. The zero-order valence-corrected chi connectivity index (χ0v) is 16.4. The first kappa shape index (κ1) is 20.0. The maximum atomic E-state index is 12.8. The van der Waals surface area contributed by atoms with E-state index in [1.807, 2.05) is 0 Å². The fraction of sp³-hybridized carbons (Fsp3) is 0.588. The van der Waals surface area contributed by atoms with E-state index < -0.39 is 10.0 Å². The average Bonchev–Trinajstić information content (AvgIpc) is 2.63. The number of hydrogen-bond donors (Lipinski definition) is 1. The Morgan fingerprint density at radius 2 is 1.84 bits per heavy atom. The largest absolute Gasteiger partial charge is 0.370 e. The third kappa shape index (κ3) is 4.65. The lowest BCUT2D eigenvalue weighted by molar-refractivity contribution is -0.113.